The summed E-state index contributed by atoms with van der Waals surface area (Å²) in [5.41, 5.74) is 0.937. The molecule has 0 unspecified atom stereocenters. The van der Waals surface area contributed by atoms with Crippen molar-refractivity contribution in [2.45, 2.75) is 25.9 Å². The molecule has 0 aliphatic heterocycles. The van der Waals surface area contributed by atoms with Crippen molar-refractivity contribution in [1.29, 1.82) is 5.26 Å². The quantitative estimate of drug-likeness (QED) is 0.908. The van der Waals surface area contributed by atoms with Crippen LogP contribution in [0, 0.1) is 16.7 Å². The van der Waals surface area contributed by atoms with Crippen LogP contribution in [-0.4, -0.2) is 11.7 Å². The highest BCUT2D eigenvalue weighted by Gasteiger charge is 2.43. The third-order valence-corrected chi connectivity index (χ3v) is 3.74. The molecule has 1 saturated carbocycles. The van der Waals surface area contributed by atoms with E-state index in [-0.39, 0.29) is 12.0 Å². The molecule has 0 heterocycles. The normalized spacial score (nSPS) is 16.3. The molecule has 3 nitrogen and oxygen atoms in total. The molecule has 0 aromatic heterocycles. The Morgan fingerprint density at radius 2 is 2.24 bits per heavy atom. The van der Waals surface area contributed by atoms with Gasteiger partial charge in [-0.1, -0.05) is 6.07 Å². The number of hydrogen-bond acceptors (Lipinski definition) is 3. The van der Waals surface area contributed by atoms with E-state index in [1.54, 1.807) is 0 Å². The van der Waals surface area contributed by atoms with E-state index < -0.39 is 0 Å². The Balaban J connectivity index is 1.98. The number of benzene rings is 1. The molecule has 0 atom stereocenters. The lowest BCUT2D eigenvalue weighted by Crippen LogP contribution is -2.12. The number of rotatable bonds is 5. The summed E-state index contributed by atoms with van der Waals surface area (Å²) < 4.78 is 6.58. The molecule has 1 fully saturated rings. The van der Waals surface area contributed by atoms with Gasteiger partial charge in [0, 0.05) is 11.8 Å². The van der Waals surface area contributed by atoms with E-state index >= 15 is 0 Å². The van der Waals surface area contributed by atoms with Crippen molar-refractivity contribution in [3.8, 4) is 11.8 Å². The first kappa shape index (κ1) is 12.4. The number of hydrogen-bond donors (Lipinski definition) is 1. The van der Waals surface area contributed by atoms with Gasteiger partial charge >= 0.3 is 0 Å². The van der Waals surface area contributed by atoms with E-state index in [2.05, 4.69) is 22.0 Å². The van der Waals surface area contributed by atoms with Gasteiger partial charge in [0.05, 0.1) is 23.8 Å². The topological polar surface area (TPSA) is 53.2 Å². The molecule has 1 aliphatic carbocycles. The van der Waals surface area contributed by atoms with Crippen LogP contribution in [0.3, 0.4) is 0 Å². The molecule has 1 aliphatic rings. The lowest BCUT2D eigenvalue weighted by atomic mass is 10.1. The Morgan fingerprint density at radius 1 is 1.47 bits per heavy atom. The van der Waals surface area contributed by atoms with E-state index in [0.717, 1.165) is 28.6 Å². The fourth-order valence-corrected chi connectivity index (χ4v) is 2.25. The number of halogens is 1. The van der Waals surface area contributed by atoms with Gasteiger partial charge < -0.3 is 9.84 Å². The first-order chi connectivity index (χ1) is 8.19. The van der Waals surface area contributed by atoms with Gasteiger partial charge in [-0.15, -0.1) is 0 Å². The Morgan fingerprint density at radius 3 is 2.76 bits per heavy atom. The minimum absolute atomic E-state index is 0.0250. The van der Waals surface area contributed by atoms with Crippen molar-refractivity contribution in [1.82, 2.24) is 0 Å². The van der Waals surface area contributed by atoms with Gasteiger partial charge in [0.2, 0.25) is 0 Å². The Labute approximate surface area is 109 Å². The molecule has 0 saturated heterocycles. The Bertz CT molecular complexity index is 449. The molecule has 0 spiro atoms. The molecule has 1 aromatic rings. The Hall–Kier alpha value is -1.05. The Kier molecular flexibility index (Phi) is 3.70. The lowest BCUT2D eigenvalue weighted by molar-refractivity contribution is 0.235. The van der Waals surface area contributed by atoms with Gasteiger partial charge in [0.25, 0.3) is 0 Å². The fraction of sp³-hybridized carbons (Fsp3) is 0.462. The summed E-state index contributed by atoms with van der Waals surface area (Å²) >= 11 is 3.41. The minimum atomic E-state index is 0.0250. The van der Waals surface area contributed by atoms with Gasteiger partial charge in [0.15, 0.2) is 0 Å². The van der Waals surface area contributed by atoms with E-state index in [1.807, 2.05) is 18.2 Å². The van der Waals surface area contributed by atoms with Crippen LogP contribution in [0.5, 0.6) is 5.75 Å². The third kappa shape index (κ3) is 2.99. The van der Waals surface area contributed by atoms with Crippen molar-refractivity contribution in [2.75, 3.05) is 6.61 Å². The molecular weight excluding hydrogens is 282 g/mol. The van der Waals surface area contributed by atoms with Crippen molar-refractivity contribution in [3.63, 3.8) is 0 Å². The largest absolute Gasteiger partial charge is 0.492 e. The van der Waals surface area contributed by atoms with Crippen molar-refractivity contribution in [3.05, 3.63) is 28.2 Å². The highest BCUT2D eigenvalue weighted by molar-refractivity contribution is 9.10. The zero-order valence-corrected chi connectivity index (χ0v) is 11.0. The number of ether oxygens (including phenoxy) is 1. The molecule has 1 aromatic carbocycles. The molecule has 2 rings (SSSR count). The van der Waals surface area contributed by atoms with Crippen LogP contribution in [0.25, 0.3) is 0 Å². The van der Waals surface area contributed by atoms with Gasteiger partial charge in [-0.25, -0.2) is 0 Å². The number of nitrogens with zero attached hydrogens (tertiary/aromatic N) is 1. The van der Waals surface area contributed by atoms with Crippen LogP contribution in [-0.2, 0) is 6.61 Å². The summed E-state index contributed by atoms with van der Waals surface area (Å²) in [5.74, 6) is 0.770. The van der Waals surface area contributed by atoms with Crippen molar-refractivity contribution >= 4 is 15.9 Å². The van der Waals surface area contributed by atoms with Crippen LogP contribution >= 0.6 is 15.9 Å². The van der Waals surface area contributed by atoms with E-state index in [9.17, 15) is 0 Å². The lowest BCUT2D eigenvalue weighted by Gasteiger charge is -2.14. The minimum Gasteiger partial charge on any atom is -0.492 e. The molecule has 0 bridgehead atoms. The second kappa shape index (κ2) is 5.07. The number of nitriles is 1. The van der Waals surface area contributed by atoms with E-state index in [1.165, 1.54) is 0 Å². The third-order valence-electron chi connectivity index (χ3n) is 3.12. The molecule has 4 heteroatoms. The van der Waals surface area contributed by atoms with Crippen LogP contribution < -0.4 is 4.74 Å². The predicted molar refractivity (Wildman–Crippen MR) is 67.5 cm³/mol. The van der Waals surface area contributed by atoms with Crippen LogP contribution in [0.2, 0.25) is 0 Å². The standard InChI is InChI=1S/C13H14BrNO2/c14-11-7-10(8-16)1-2-12(11)17-9-13(3-4-13)5-6-15/h1-2,7,16H,3-5,8-9H2. The maximum atomic E-state index is 8.99. The van der Waals surface area contributed by atoms with Crippen LogP contribution in [0.1, 0.15) is 24.8 Å². The molecule has 17 heavy (non-hydrogen) atoms. The van der Waals surface area contributed by atoms with Gasteiger partial charge in [-0.2, -0.15) is 5.26 Å². The second-order valence-electron chi connectivity index (χ2n) is 4.55. The zero-order valence-electron chi connectivity index (χ0n) is 9.45. The van der Waals surface area contributed by atoms with Gasteiger partial charge in [-0.3, -0.25) is 0 Å². The van der Waals surface area contributed by atoms with Crippen molar-refractivity contribution < 1.29 is 9.84 Å². The smallest absolute Gasteiger partial charge is 0.133 e. The first-order valence-corrected chi connectivity index (χ1v) is 6.37. The first-order valence-electron chi connectivity index (χ1n) is 5.58. The second-order valence-corrected chi connectivity index (χ2v) is 5.40. The van der Waals surface area contributed by atoms with Gasteiger partial charge in [-0.05, 0) is 46.5 Å². The molecule has 0 radical (unpaired) electrons. The summed E-state index contributed by atoms with van der Waals surface area (Å²) in [5, 5.41) is 17.7. The van der Waals surface area contributed by atoms with Crippen LogP contribution in [0.4, 0.5) is 0 Å². The van der Waals surface area contributed by atoms with Crippen LogP contribution in [0.15, 0.2) is 22.7 Å². The zero-order chi connectivity index (χ0) is 12.3. The maximum Gasteiger partial charge on any atom is 0.133 e. The molecule has 90 valence electrons. The summed E-state index contributed by atoms with van der Waals surface area (Å²) in [6.45, 7) is 0.620. The highest BCUT2D eigenvalue weighted by Crippen LogP contribution is 2.49. The van der Waals surface area contributed by atoms with E-state index in [4.69, 9.17) is 15.1 Å². The summed E-state index contributed by atoms with van der Waals surface area (Å²) in [6, 6.07) is 7.74. The molecular formula is C13H14BrNO2. The van der Waals surface area contributed by atoms with Crippen molar-refractivity contribution in [2.24, 2.45) is 5.41 Å². The number of aliphatic hydroxyl groups excluding tert-OH is 1. The SMILES string of the molecule is N#CCC1(COc2ccc(CO)cc2Br)CC1. The maximum absolute atomic E-state index is 8.99. The average Bonchev–Trinajstić information content (AvgIpc) is 3.08. The average molecular weight is 296 g/mol. The van der Waals surface area contributed by atoms with Gasteiger partial charge in [0.1, 0.15) is 5.75 Å². The molecule has 1 N–H and O–H groups in total. The number of aliphatic hydroxyl groups is 1. The monoisotopic (exact) mass is 295 g/mol. The fourth-order valence-electron chi connectivity index (χ4n) is 1.71. The predicted octanol–water partition coefficient (Wildman–Crippen LogP) is 3.01. The van der Waals surface area contributed by atoms with E-state index in [0.29, 0.717) is 13.0 Å². The summed E-state index contributed by atoms with van der Waals surface area (Å²) in [4.78, 5) is 0. The molecule has 0 amide bonds. The summed E-state index contributed by atoms with van der Waals surface area (Å²) in [7, 11) is 0. The summed E-state index contributed by atoms with van der Waals surface area (Å²) in [6.07, 6.45) is 2.72. The highest BCUT2D eigenvalue weighted by atomic mass is 79.9.